The second-order valence-corrected chi connectivity index (χ2v) is 10.9. The SMILES string of the molecule is CC1=C(Br)C(=O)C(C(C)C)=C(Br)C1=NC(=NS(=O)(=O)c1ccc(C)cc1)c1ccccc1. The molecule has 0 amide bonds. The van der Waals surface area contributed by atoms with Gasteiger partial charge < -0.3 is 0 Å². The molecule has 32 heavy (non-hydrogen) atoms. The van der Waals surface area contributed by atoms with Gasteiger partial charge in [0, 0.05) is 11.1 Å². The van der Waals surface area contributed by atoms with E-state index >= 15 is 0 Å². The van der Waals surface area contributed by atoms with E-state index in [0.29, 0.717) is 31.4 Å². The minimum Gasteiger partial charge on any atom is -0.288 e. The number of aryl methyl sites for hydroxylation is 1. The van der Waals surface area contributed by atoms with Gasteiger partial charge in [-0.05, 0) is 69.3 Å². The number of nitrogens with zero attached hydrogens (tertiary/aromatic N) is 2. The molecule has 8 heteroatoms. The van der Waals surface area contributed by atoms with Gasteiger partial charge in [0.2, 0.25) is 0 Å². The third kappa shape index (κ3) is 5.08. The normalized spacial score (nSPS) is 17.0. The Bertz CT molecular complexity index is 1290. The largest absolute Gasteiger partial charge is 0.288 e. The Balaban J connectivity index is 2.26. The quantitative estimate of drug-likeness (QED) is 0.249. The van der Waals surface area contributed by atoms with Crippen LogP contribution in [-0.2, 0) is 14.8 Å². The van der Waals surface area contributed by atoms with Gasteiger partial charge in [0.05, 0.1) is 19.6 Å². The number of allylic oxidation sites excluding steroid dienone is 4. The first kappa shape index (κ1) is 24.5. The molecule has 0 spiro atoms. The highest BCUT2D eigenvalue weighted by molar-refractivity contribution is 9.12. The van der Waals surface area contributed by atoms with Crippen LogP contribution in [0.3, 0.4) is 0 Å². The number of sulfonamides is 1. The molecule has 0 aliphatic heterocycles. The number of benzene rings is 2. The third-order valence-corrected chi connectivity index (χ3v) is 7.96. The molecule has 0 saturated heterocycles. The lowest BCUT2D eigenvalue weighted by molar-refractivity contribution is -0.112. The molecule has 2 aromatic carbocycles. The zero-order chi connectivity index (χ0) is 23.6. The van der Waals surface area contributed by atoms with Crippen LogP contribution in [0.15, 0.2) is 89.0 Å². The van der Waals surface area contributed by atoms with E-state index in [2.05, 4.69) is 41.3 Å². The Hall–Kier alpha value is -2.16. The maximum Gasteiger partial charge on any atom is 0.284 e. The van der Waals surface area contributed by atoms with Gasteiger partial charge in [-0.1, -0.05) is 61.9 Å². The number of amidine groups is 1. The molecular formula is C24H22Br2N2O3S. The summed E-state index contributed by atoms with van der Waals surface area (Å²) in [4.78, 5) is 17.5. The van der Waals surface area contributed by atoms with Crippen molar-refractivity contribution in [2.45, 2.75) is 32.6 Å². The van der Waals surface area contributed by atoms with Crippen LogP contribution in [0.4, 0.5) is 0 Å². The predicted octanol–water partition coefficient (Wildman–Crippen LogP) is 6.13. The number of carbonyl (C=O) groups is 1. The van der Waals surface area contributed by atoms with Crippen molar-refractivity contribution >= 4 is 59.2 Å². The molecule has 0 saturated carbocycles. The van der Waals surface area contributed by atoms with E-state index in [-0.39, 0.29) is 22.4 Å². The van der Waals surface area contributed by atoms with Crippen LogP contribution in [-0.4, -0.2) is 25.7 Å². The van der Waals surface area contributed by atoms with Crippen molar-refractivity contribution in [2.24, 2.45) is 15.3 Å². The zero-order valence-corrected chi connectivity index (χ0v) is 22.0. The van der Waals surface area contributed by atoms with Crippen LogP contribution in [0.1, 0.15) is 31.9 Å². The third-order valence-electron chi connectivity index (χ3n) is 4.93. The Kier molecular flexibility index (Phi) is 7.47. The first-order valence-corrected chi connectivity index (χ1v) is 12.9. The fraction of sp³-hybridized carbons (Fsp3) is 0.208. The van der Waals surface area contributed by atoms with Crippen molar-refractivity contribution in [1.29, 1.82) is 0 Å². The molecule has 2 aromatic rings. The summed E-state index contributed by atoms with van der Waals surface area (Å²) in [5.41, 5.74) is 3.12. The van der Waals surface area contributed by atoms with Crippen LogP contribution in [0.25, 0.3) is 0 Å². The van der Waals surface area contributed by atoms with Crippen molar-refractivity contribution in [1.82, 2.24) is 0 Å². The van der Waals surface area contributed by atoms with Gasteiger partial charge in [-0.15, -0.1) is 4.40 Å². The van der Waals surface area contributed by atoms with Crippen molar-refractivity contribution in [2.75, 3.05) is 0 Å². The minimum atomic E-state index is -4.01. The van der Waals surface area contributed by atoms with Gasteiger partial charge in [-0.2, -0.15) is 8.42 Å². The summed E-state index contributed by atoms with van der Waals surface area (Å²) in [5, 5.41) is 0. The van der Waals surface area contributed by atoms with E-state index in [9.17, 15) is 13.2 Å². The first-order chi connectivity index (χ1) is 15.0. The highest BCUT2D eigenvalue weighted by atomic mass is 79.9. The van der Waals surface area contributed by atoms with E-state index in [1.807, 2.05) is 26.8 Å². The molecule has 0 unspecified atom stereocenters. The van der Waals surface area contributed by atoms with Gasteiger partial charge in [-0.25, -0.2) is 4.99 Å². The van der Waals surface area contributed by atoms with Crippen LogP contribution >= 0.6 is 31.9 Å². The summed E-state index contributed by atoms with van der Waals surface area (Å²) in [5.74, 6) is -0.139. The lowest BCUT2D eigenvalue weighted by atomic mass is 9.90. The Morgan fingerprint density at radius 1 is 0.906 bits per heavy atom. The number of hydrogen-bond acceptors (Lipinski definition) is 3. The number of Topliss-reactive ketones (excluding diaryl/α,β-unsaturated/α-hetero) is 1. The summed E-state index contributed by atoms with van der Waals surface area (Å²) in [6.07, 6.45) is 0. The van der Waals surface area contributed by atoms with E-state index in [4.69, 9.17) is 0 Å². The van der Waals surface area contributed by atoms with E-state index < -0.39 is 10.0 Å². The summed E-state index contributed by atoms with van der Waals surface area (Å²) in [7, 11) is -4.01. The topological polar surface area (TPSA) is 75.9 Å². The number of carbonyl (C=O) groups excluding carboxylic acids is 1. The maximum atomic E-state index is 13.1. The van der Waals surface area contributed by atoms with Crippen molar-refractivity contribution in [3.63, 3.8) is 0 Å². The predicted molar refractivity (Wildman–Crippen MR) is 136 cm³/mol. The Labute approximate surface area is 205 Å². The fourth-order valence-electron chi connectivity index (χ4n) is 3.14. The van der Waals surface area contributed by atoms with E-state index in [1.165, 1.54) is 12.1 Å². The van der Waals surface area contributed by atoms with E-state index in [0.717, 1.165) is 5.56 Å². The van der Waals surface area contributed by atoms with Gasteiger partial charge in [0.1, 0.15) is 0 Å². The smallest absolute Gasteiger partial charge is 0.284 e. The molecule has 0 atom stereocenters. The molecule has 1 aliphatic carbocycles. The molecule has 0 aromatic heterocycles. The molecular weight excluding hydrogens is 556 g/mol. The Morgan fingerprint density at radius 3 is 2.06 bits per heavy atom. The second kappa shape index (κ2) is 9.77. The number of ketones is 1. The number of rotatable bonds is 4. The van der Waals surface area contributed by atoms with Gasteiger partial charge in [0.25, 0.3) is 10.0 Å². The molecule has 166 valence electrons. The van der Waals surface area contributed by atoms with Crippen molar-refractivity contribution in [3.8, 4) is 0 Å². The number of hydrogen-bond donors (Lipinski definition) is 0. The van der Waals surface area contributed by atoms with Crippen LogP contribution in [0, 0.1) is 12.8 Å². The van der Waals surface area contributed by atoms with E-state index in [1.54, 1.807) is 43.3 Å². The molecule has 1 aliphatic rings. The summed E-state index contributed by atoms with van der Waals surface area (Å²) in [6, 6.07) is 15.4. The molecule has 0 heterocycles. The summed E-state index contributed by atoms with van der Waals surface area (Å²) < 4.78 is 31.2. The average Bonchev–Trinajstić information content (AvgIpc) is 2.75. The molecule has 0 fully saturated rings. The van der Waals surface area contributed by atoms with Gasteiger partial charge >= 0.3 is 0 Å². The zero-order valence-electron chi connectivity index (χ0n) is 18.1. The van der Waals surface area contributed by atoms with Gasteiger partial charge in [0.15, 0.2) is 11.6 Å². The van der Waals surface area contributed by atoms with Crippen molar-refractivity contribution in [3.05, 3.63) is 85.8 Å². The number of halogens is 2. The lowest BCUT2D eigenvalue weighted by Gasteiger charge is -2.22. The summed E-state index contributed by atoms with van der Waals surface area (Å²) >= 11 is 6.92. The maximum absolute atomic E-state index is 13.1. The highest BCUT2D eigenvalue weighted by Gasteiger charge is 2.31. The lowest BCUT2D eigenvalue weighted by Crippen LogP contribution is -2.22. The van der Waals surface area contributed by atoms with Crippen LogP contribution in [0.5, 0.6) is 0 Å². The monoisotopic (exact) mass is 576 g/mol. The highest BCUT2D eigenvalue weighted by Crippen LogP contribution is 2.35. The Morgan fingerprint density at radius 2 is 1.50 bits per heavy atom. The summed E-state index contributed by atoms with van der Waals surface area (Å²) in [6.45, 7) is 7.48. The fourth-order valence-corrected chi connectivity index (χ4v) is 5.53. The van der Waals surface area contributed by atoms with Gasteiger partial charge in [-0.3, -0.25) is 4.79 Å². The first-order valence-electron chi connectivity index (χ1n) is 9.90. The number of aliphatic imine (C=N–C) groups is 1. The molecule has 3 rings (SSSR count). The molecule has 0 bridgehead atoms. The standard InChI is InChI=1S/C24H22Br2N2O3S/c1-14(2)19-21(26)22(16(4)20(25)23(19)29)27-24(17-8-6-5-7-9-17)28-32(30,31)18-12-10-15(3)11-13-18/h5-14H,1-4H3. The van der Waals surface area contributed by atoms with Crippen LogP contribution < -0.4 is 0 Å². The van der Waals surface area contributed by atoms with Crippen molar-refractivity contribution < 1.29 is 13.2 Å². The second-order valence-electron chi connectivity index (χ2n) is 7.68. The molecule has 5 nitrogen and oxygen atoms in total. The average molecular weight is 578 g/mol. The molecule has 0 N–H and O–H groups in total. The molecule has 0 radical (unpaired) electrons. The van der Waals surface area contributed by atoms with Crippen LogP contribution in [0.2, 0.25) is 0 Å². The minimum absolute atomic E-state index is 0.0373.